The monoisotopic (exact) mass is 275 g/mol. The summed E-state index contributed by atoms with van der Waals surface area (Å²) in [5.41, 5.74) is 1.59. The van der Waals surface area contributed by atoms with Crippen LogP contribution in [0, 0.1) is 5.92 Å². The van der Waals surface area contributed by atoms with Crippen molar-refractivity contribution in [1.82, 2.24) is 5.32 Å². The molecule has 0 spiro atoms. The Morgan fingerprint density at radius 3 is 2.58 bits per heavy atom. The summed E-state index contributed by atoms with van der Waals surface area (Å²) in [5, 5.41) is 3.67. The van der Waals surface area contributed by atoms with Gasteiger partial charge in [0.05, 0.1) is 0 Å². The zero-order chi connectivity index (χ0) is 13.1. The van der Waals surface area contributed by atoms with Gasteiger partial charge in [0.2, 0.25) is 0 Å². The summed E-state index contributed by atoms with van der Waals surface area (Å²) in [4.78, 5) is 1.52. The Labute approximate surface area is 121 Å². The van der Waals surface area contributed by atoms with Crippen LogP contribution in [-0.2, 0) is 0 Å². The van der Waals surface area contributed by atoms with Crippen LogP contribution in [0.25, 0.3) is 0 Å². The number of benzene rings is 1. The van der Waals surface area contributed by atoms with Gasteiger partial charge >= 0.3 is 0 Å². The Balaban J connectivity index is 1.79. The highest BCUT2D eigenvalue weighted by atomic mass is 32.2. The maximum atomic E-state index is 3.67. The van der Waals surface area contributed by atoms with Crippen LogP contribution in [0.15, 0.2) is 29.2 Å². The molecule has 0 amide bonds. The lowest BCUT2D eigenvalue weighted by atomic mass is 9.81. The van der Waals surface area contributed by atoms with Crippen LogP contribution in [0.2, 0.25) is 0 Å². The first-order valence-electron chi connectivity index (χ1n) is 7.79. The molecule has 1 aromatic rings. The molecule has 0 bridgehead atoms. The molecule has 1 N–H and O–H groups in total. The van der Waals surface area contributed by atoms with Crippen molar-refractivity contribution < 1.29 is 0 Å². The van der Waals surface area contributed by atoms with E-state index in [0.29, 0.717) is 12.0 Å². The second-order valence-electron chi connectivity index (χ2n) is 6.02. The van der Waals surface area contributed by atoms with Crippen LogP contribution in [0.3, 0.4) is 0 Å². The molecule has 0 saturated heterocycles. The molecule has 1 heterocycles. The molecule has 2 unspecified atom stereocenters. The fourth-order valence-corrected chi connectivity index (χ4v) is 5.23. The van der Waals surface area contributed by atoms with Crippen molar-refractivity contribution >= 4 is 11.8 Å². The van der Waals surface area contributed by atoms with Crippen LogP contribution >= 0.6 is 11.8 Å². The summed E-state index contributed by atoms with van der Waals surface area (Å²) in [7, 11) is 2.17. The van der Waals surface area contributed by atoms with Crippen LogP contribution in [0.1, 0.15) is 50.0 Å². The van der Waals surface area contributed by atoms with E-state index >= 15 is 0 Å². The molecule has 1 nitrogen and oxygen atoms in total. The van der Waals surface area contributed by atoms with Crippen LogP contribution < -0.4 is 5.32 Å². The third-order valence-electron chi connectivity index (χ3n) is 4.91. The molecule has 3 rings (SSSR count). The third kappa shape index (κ3) is 2.85. The van der Waals surface area contributed by atoms with Crippen LogP contribution in [-0.4, -0.2) is 18.8 Å². The summed E-state index contributed by atoms with van der Waals surface area (Å²) in [6.45, 7) is 0. The Morgan fingerprint density at radius 1 is 1.11 bits per heavy atom. The second-order valence-corrected chi connectivity index (χ2v) is 7.08. The van der Waals surface area contributed by atoms with Gasteiger partial charge in [0.15, 0.2) is 0 Å². The lowest BCUT2D eigenvalue weighted by molar-refractivity contribution is 0.304. The lowest BCUT2D eigenvalue weighted by Crippen LogP contribution is -2.39. The number of hydrogen-bond acceptors (Lipinski definition) is 2. The summed E-state index contributed by atoms with van der Waals surface area (Å²) in [6.07, 6.45) is 8.62. The summed E-state index contributed by atoms with van der Waals surface area (Å²) < 4.78 is 0. The van der Waals surface area contributed by atoms with Crippen LogP contribution in [0.5, 0.6) is 0 Å². The number of likely N-dealkylation sites (N-methyl/N-ethyl adjacent to an activating group) is 1. The topological polar surface area (TPSA) is 12.0 Å². The van der Waals surface area contributed by atoms with Gasteiger partial charge < -0.3 is 5.32 Å². The quantitative estimate of drug-likeness (QED) is 0.819. The van der Waals surface area contributed by atoms with E-state index < -0.39 is 0 Å². The van der Waals surface area contributed by atoms with Crippen LogP contribution in [0.4, 0.5) is 0 Å². The van der Waals surface area contributed by atoms with E-state index in [0.717, 1.165) is 5.92 Å². The molecule has 1 aliphatic heterocycles. The molecule has 1 fully saturated rings. The van der Waals surface area contributed by atoms with Gasteiger partial charge in [0, 0.05) is 22.6 Å². The first-order chi connectivity index (χ1) is 9.40. The number of nitrogens with one attached hydrogen (secondary N) is 1. The Bertz CT molecular complexity index is 409. The maximum Gasteiger partial charge on any atom is 0.0169 e. The number of rotatable bonds is 3. The molecular formula is C17H25NS. The molecule has 2 aliphatic rings. The normalized spacial score (nSPS) is 25.8. The van der Waals surface area contributed by atoms with Gasteiger partial charge in [-0.05, 0) is 37.4 Å². The molecular weight excluding hydrogens is 250 g/mol. The van der Waals surface area contributed by atoms with E-state index in [1.165, 1.54) is 49.2 Å². The molecule has 0 aromatic heterocycles. The van der Waals surface area contributed by atoms with Gasteiger partial charge in [-0.15, -0.1) is 11.8 Å². The zero-order valence-corrected chi connectivity index (χ0v) is 12.7. The summed E-state index contributed by atoms with van der Waals surface area (Å²) in [6, 6.07) is 9.70. The largest absolute Gasteiger partial charge is 0.316 e. The fraction of sp³-hybridized carbons (Fsp3) is 0.647. The first kappa shape index (κ1) is 13.5. The predicted molar refractivity (Wildman–Crippen MR) is 83.9 cm³/mol. The zero-order valence-electron chi connectivity index (χ0n) is 11.9. The Kier molecular flexibility index (Phi) is 4.49. The van der Waals surface area contributed by atoms with Gasteiger partial charge in [-0.25, -0.2) is 0 Å². The van der Waals surface area contributed by atoms with Gasteiger partial charge in [-0.2, -0.15) is 0 Å². The number of fused-ring (bicyclic) bond motifs is 1. The molecule has 2 heteroatoms. The minimum Gasteiger partial charge on any atom is -0.316 e. The third-order valence-corrected chi connectivity index (χ3v) is 6.12. The molecule has 1 saturated carbocycles. The highest BCUT2D eigenvalue weighted by molar-refractivity contribution is 7.99. The molecule has 2 atom stereocenters. The van der Waals surface area contributed by atoms with Crippen molar-refractivity contribution in [3.05, 3.63) is 29.8 Å². The van der Waals surface area contributed by atoms with Crippen molar-refractivity contribution in [3.63, 3.8) is 0 Å². The minimum atomic E-state index is 0.675. The molecule has 1 aromatic carbocycles. The molecule has 0 radical (unpaired) electrons. The van der Waals surface area contributed by atoms with Crippen molar-refractivity contribution in [2.24, 2.45) is 5.92 Å². The van der Waals surface area contributed by atoms with Gasteiger partial charge in [0.1, 0.15) is 0 Å². The minimum absolute atomic E-state index is 0.675. The number of thioether (sulfide) groups is 1. The summed E-state index contributed by atoms with van der Waals surface area (Å²) in [5.74, 6) is 2.86. The van der Waals surface area contributed by atoms with E-state index in [4.69, 9.17) is 0 Å². The number of hydrogen-bond donors (Lipinski definition) is 1. The predicted octanol–water partition coefficient (Wildman–Crippen LogP) is 4.43. The fourth-order valence-electron chi connectivity index (χ4n) is 3.92. The van der Waals surface area contributed by atoms with Gasteiger partial charge in [0.25, 0.3) is 0 Å². The van der Waals surface area contributed by atoms with Crippen molar-refractivity contribution in [2.45, 2.75) is 55.4 Å². The van der Waals surface area contributed by atoms with Crippen molar-refractivity contribution in [3.8, 4) is 0 Å². The van der Waals surface area contributed by atoms with Gasteiger partial charge in [-0.1, -0.05) is 43.9 Å². The Morgan fingerprint density at radius 2 is 1.84 bits per heavy atom. The smallest absolute Gasteiger partial charge is 0.0169 e. The molecule has 1 aliphatic carbocycles. The van der Waals surface area contributed by atoms with E-state index in [2.05, 4.69) is 36.6 Å². The average molecular weight is 275 g/mol. The van der Waals surface area contributed by atoms with E-state index in [9.17, 15) is 0 Å². The van der Waals surface area contributed by atoms with E-state index in [-0.39, 0.29) is 0 Å². The highest BCUT2D eigenvalue weighted by Gasteiger charge is 2.34. The first-order valence-corrected chi connectivity index (χ1v) is 8.77. The lowest BCUT2D eigenvalue weighted by Gasteiger charge is -2.31. The summed E-state index contributed by atoms with van der Waals surface area (Å²) >= 11 is 2.05. The Hall–Kier alpha value is -0.470. The second kappa shape index (κ2) is 6.32. The van der Waals surface area contributed by atoms with E-state index in [1.807, 2.05) is 11.8 Å². The molecule has 19 heavy (non-hydrogen) atoms. The van der Waals surface area contributed by atoms with Crippen molar-refractivity contribution in [1.29, 1.82) is 0 Å². The maximum absolute atomic E-state index is 3.67. The van der Waals surface area contributed by atoms with Crippen molar-refractivity contribution in [2.75, 3.05) is 12.8 Å². The van der Waals surface area contributed by atoms with E-state index in [1.54, 1.807) is 5.56 Å². The van der Waals surface area contributed by atoms with Gasteiger partial charge in [-0.3, -0.25) is 0 Å². The standard InChI is InChI=1S/C17H25NS/c1-18-17(13-8-4-2-3-5-9-13)15-12-19-16-11-7-6-10-14(15)16/h6-7,10-11,13,15,17-18H,2-5,8-9,12H2,1H3. The average Bonchev–Trinajstić information content (AvgIpc) is 2.69. The highest BCUT2D eigenvalue weighted by Crippen LogP contribution is 2.44. The SMILES string of the molecule is CNC(C1CCCCCC1)C1CSc2ccccc21. The molecule has 104 valence electrons.